The van der Waals surface area contributed by atoms with Gasteiger partial charge in [-0.3, -0.25) is 9.59 Å². The monoisotopic (exact) mass is 437 g/mol. The van der Waals surface area contributed by atoms with E-state index in [4.69, 9.17) is 9.47 Å². The Morgan fingerprint density at radius 2 is 1.75 bits per heavy atom. The number of methoxy groups -OCH3 is 1. The number of amides is 1. The molecular weight excluding hydrogens is 406 g/mol. The second-order valence-electron chi connectivity index (χ2n) is 8.13. The fourth-order valence-electron chi connectivity index (χ4n) is 3.98. The van der Waals surface area contributed by atoms with Gasteiger partial charge in [-0.15, -0.1) is 0 Å². The highest BCUT2D eigenvalue weighted by Crippen LogP contribution is 2.42. The van der Waals surface area contributed by atoms with Crippen molar-refractivity contribution in [3.05, 3.63) is 65.2 Å². The second kappa shape index (κ2) is 10.4. The molecule has 1 unspecified atom stereocenters. The summed E-state index contributed by atoms with van der Waals surface area (Å²) in [6.45, 7) is 6.37. The van der Waals surface area contributed by atoms with Gasteiger partial charge in [0.05, 0.1) is 24.8 Å². The summed E-state index contributed by atoms with van der Waals surface area (Å²) >= 11 is 0. The number of ketones is 1. The van der Waals surface area contributed by atoms with Crippen molar-refractivity contribution >= 4 is 17.4 Å². The van der Waals surface area contributed by atoms with Gasteiger partial charge in [-0.05, 0) is 50.6 Å². The molecule has 2 aromatic rings. The van der Waals surface area contributed by atoms with Gasteiger partial charge in [0, 0.05) is 17.7 Å². The lowest BCUT2D eigenvalue weighted by atomic mass is 9.94. The van der Waals surface area contributed by atoms with Crippen LogP contribution >= 0.6 is 0 Å². The van der Waals surface area contributed by atoms with Crippen LogP contribution in [0.25, 0.3) is 5.76 Å². The third kappa shape index (κ3) is 4.79. The molecule has 1 amide bonds. The molecule has 1 fully saturated rings. The Bertz CT molecular complexity index is 994. The number of aliphatic hydroxyl groups is 1. The highest BCUT2D eigenvalue weighted by atomic mass is 16.5. The van der Waals surface area contributed by atoms with Crippen molar-refractivity contribution in [1.82, 2.24) is 4.90 Å². The van der Waals surface area contributed by atoms with Gasteiger partial charge in [-0.2, -0.15) is 0 Å². The Hall–Kier alpha value is -3.28. The van der Waals surface area contributed by atoms with Gasteiger partial charge in [0.2, 0.25) is 0 Å². The fourth-order valence-corrected chi connectivity index (χ4v) is 3.98. The minimum atomic E-state index is -0.713. The van der Waals surface area contributed by atoms with Crippen molar-refractivity contribution in [3.8, 4) is 11.5 Å². The van der Waals surface area contributed by atoms with Crippen LogP contribution in [0.3, 0.4) is 0 Å². The zero-order chi connectivity index (χ0) is 23.3. The van der Waals surface area contributed by atoms with E-state index in [0.29, 0.717) is 29.2 Å². The van der Waals surface area contributed by atoms with E-state index in [1.54, 1.807) is 42.3 Å². The van der Waals surface area contributed by atoms with Gasteiger partial charge in [0.25, 0.3) is 11.7 Å². The van der Waals surface area contributed by atoms with Crippen molar-refractivity contribution in [1.29, 1.82) is 0 Å². The maximum absolute atomic E-state index is 13.1. The molecule has 1 heterocycles. The van der Waals surface area contributed by atoms with Crippen LogP contribution in [-0.2, 0) is 9.59 Å². The molecule has 6 nitrogen and oxygen atoms in total. The van der Waals surface area contributed by atoms with Crippen molar-refractivity contribution < 1.29 is 24.2 Å². The van der Waals surface area contributed by atoms with E-state index >= 15 is 0 Å². The Morgan fingerprint density at radius 1 is 1.06 bits per heavy atom. The summed E-state index contributed by atoms with van der Waals surface area (Å²) in [4.78, 5) is 27.6. The molecule has 0 saturated carbocycles. The Morgan fingerprint density at radius 3 is 2.38 bits per heavy atom. The summed E-state index contributed by atoms with van der Waals surface area (Å²) in [6.07, 6.45) is 2.73. The molecule has 1 N–H and O–H groups in total. The molecule has 2 aromatic carbocycles. The first-order valence-corrected chi connectivity index (χ1v) is 11.1. The maximum Gasteiger partial charge on any atom is 0.295 e. The number of hydrogen-bond donors (Lipinski definition) is 1. The van der Waals surface area contributed by atoms with Gasteiger partial charge in [0.15, 0.2) is 0 Å². The number of para-hydroxylation sites is 1. The Labute approximate surface area is 189 Å². The van der Waals surface area contributed by atoms with Crippen LogP contribution in [0.4, 0.5) is 0 Å². The third-order valence-corrected chi connectivity index (χ3v) is 5.48. The van der Waals surface area contributed by atoms with Crippen LogP contribution in [0.1, 0.15) is 57.2 Å². The molecule has 0 aliphatic carbocycles. The molecule has 1 saturated heterocycles. The van der Waals surface area contributed by atoms with E-state index in [-0.39, 0.29) is 17.4 Å². The highest BCUT2D eigenvalue weighted by molar-refractivity contribution is 6.46. The van der Waals surface area contributed by atoms with E-state index in [0.717, 1.165) is 19.3 Å². The molecule has 1 aliphatic heterocycles. The second-order valence-corrected chi connectivity index (χ2v) is 8.13. The van der Waals surface area contributed by atoms with Crippen LogP contribution < -0.4 is 9.47 Å². The molecule has 0 bridgehead atoms. The smallest absolute Gasteiger partial charge is 0.295 e. The minimum absolute atomic E-state index is 0.0217. The first kappa shape index (κ1) is 23.4. The number of Topliss-reactive ketones (excluding diaryl/α,β-unsaturated/α-hetero) is 1. The predicted molar refractivity (Wildman–Crippen MR) is 124 cm³/mol. The van der Waals surface area contributed by atoms with E-state index in [1.807, 2.05) is 32.0 Å². The SMILES string of the molecule is CCCCCN1C(=O)C(=O)/C(=C(\O)c2ccc(OC(C)C)cc2)C1c1ccccc1OC. The maximum atomic E-state index is 13.1. The summed E-state index contributed by atoms with van der Waals surface area (Å²) < 4.78 is 11.2. The zero-order valence-electron chi connectivity index (χ0n) is 19.1. The minimum Gasteiger partial charge on any atom is -0.507 e. The number of rotatable bonds is 9. The number of benzene rings is 2. The summed E-state index contributed by atoms with van der Waals surface area (Å²) in [6, 6.07) is 13.4. The van der Waals surface area contributed by atoms with Crippen LogP contribution in [-0.4, -0.2) is 41.5 Å². The molecule has 6 heteroatoms. The molecule has 1 aliphatic rings. The van der Waals surface area contributed by atoms with Crippen molar-refractivity contribution in [2.45, 2.75) is 52.2 Å². The van der Waals surface area contributed by atoms with Gasteiger partial charge in [-0.25, -0.2) is 0 Å². The predicted octanol–water partition coefficient (Wildman–Crippen LogP) is 5.09. The van der Waals surface area contributed by atoms with Crippen molar-refractivity contribution in [3.63, 3.8) is 0 Å². The average molecular weight is 438 g/mol. The van der Waals surface area contributed by atoms with Gasteiger partial charge in [-0.1, -0.05) is 38.0 Å². The van der Waals surface area contributed by atoms with E-state index in [9.17, 15) is 14.7 Å². The Balaban J connectivity index is 2.09. The summed E-state index contributed by atoms with van der Waals surface area (Å²) in [5.41, 5.74) is 1.20. The molecule has 0 aromatic heterocycles. The first-order valence-electron chi connectivity index (χ1n) is 11.1. The lowest BCUT2D eigenvalue weighted by molar-refractivity contribution is -0.139. The summed E-state index contributed by atoms with van der Waals surface area (Å²) in [5.74, 6) is -0.256. The summed E-state index contributed by atoms with van der Waals surface area (Å²) in [5, 5.41) is 11.2. The van der Waals surface area contributed by atoms with Crippen molar-refractivity contribution in [2.24, 2.45) is 0 Å². The molecule has 1 atom stereocenters. The van der Waals surface area contributed by atoms with Crippen LogP contribution in [0.15, 0.2) is 54.1 Å². The largest absolute Gasteiger partial charge is 0.507 e. The number of aliphatic hydroxyl groups excluding tert-OH is 1. The first-order chi connectivity index (χ1) is 15.4. The van der Waals surface area contributed by atoms with E-state index in [2.05, 4.69) is 6.92 Å². The topological polar surface area (TPSA) is 76.1 Å². The molecule has 170 valence electrons. The Kier molecular flexibility index (Phi) is 7.57. The van der Waals surface area contributed by atoms with Gasteiger partial charge >= 0.3 is 0 Å². The number of nitrogens with zero attached hydrogens (tertiary/aromatic N) is 1. The molecule has 0 radical (unpaired) electrons. The molecule has 0 spiro atoms. The number of hydrogen-bond acceptors (Lipinski definition) is 5. The lowest BCUT2D eigenvalue weighted by Crippen LogP contribution is -2.30. The zero-order valence-corrected chi connectivity index (χ0v) is 19.1. The molecular formula is C26H31NO5. The van der Waals surface area contributed by atoms with E-state index in [1.165, 1.54) is 0 Å². The fraction of sp³-hybridized carbons (Fsp3) is 0.385. The number of carbonyl (C=O) groups excluding carboxylic acids is 2. The van der Waals surface area contributed by atoms with Crippen LogP contribution in [0, 0.1) is 0 Å². The molecule has 3 rings (SSSR count). The number of ether oxygens (including phenoxy) is 2. The van der Waals surface area contributed by atoms with Gasteiger partial charge < -0.3 is 19.5 Å². The third-order valence-electron chi connectivity index (χ3n) is 5.48. The number of unbranched alkanes of at least 4 members (excludes halogenated alkanes) is 2. The van der Waals surface area contributed by atoms with Gasteiger partial charge in [0.1, 0.15) is 17.3 Å². The number of likely N-dealkylation sites (tertiary alicyclic amines) is 1. The van der Waals surface area contributed by atoms with Crippen LogP contribution in [0.5, 0.6) is 11.5 Å². The normalized spacial score (nSPS) is 17.8. The van der Waals surface area contributed by atoms with E-state index < -0.39 is 17.7 Å². The van der Waals surface area contributed by atoms with Crippen molar-refractivity contribution in [2.75, 3.05) is 13.7 Å². The highest BCUT2D eigenvalue weighted by Gasteiger charge is 2.46. The van der Waals surface area contributed by atoms with Crippen LogP contribution in [0.2, 0.25) is 0 Å². The number of carbonyl (C=O) groups is 2. The quantitative estimate of drug-likeness (QED) is 0.256. The molecule has 32 heavy (non-hydrogen) atoms. The lowest BCUT2D eigenvalue weighted by Gasteiger charge is -2.26. The average Bonchev–Trinajstić information content (AvgIpc) is 3.03. The standard InChI is InChI=1S/C26H31NO5/c1-5-6-9-16-27-23(20-10-7-8-11-21(20)31-4)22(25(29)26(27)30)24(28)18-12-14-19(15-13-18)32-17(2)3/h7-8,10-15,17,23,28H,5-6,9,16H2,1-4H3/b24-22-. The summed E-state index contributed by atoms with van der Waals surface area (Å²) in [7, 11) is 1.55.